The minimum atomic E-state index is -0.134. The van der Waals surface area contributed by atoms with Crippen LogP contribution in [0.3, 0.4) is 0 Å². The molecule has 0 aliphatic carbocycles. The molecule has 2 aliphatic heterocycles. The van der Waals surface area contributed by atoms with Crippen LogP contribution in [-0.4, -0.2) is 40.1 Å². The molecule has 0 atom stereocenters. The van der Waals surface area contributed by atoms with E-state index in [2.05, 4.69) is 15.0 Å². The molecule has 0 radical (unpaired) electrons. The Bertz CT molecular complexity index is 745. The van der Waals surface area contributed by atoms with E-state index in [1.807, 2.05) is 26.0 Å². The Balaban J connectivity index is 1.40. The highest BCUT2D eigenvalue weighted by Gasteiger charge is 2.42. The number of rotatable bonds is 4. The van der Waals surface area contributed by atoms with Crippen molar-refractivity contribution in [3.05, 3.63) is 52.7 Å². The van der Waals surface area contributed by atoms with Gasteiger partial charge in [-0.2, -0.15) is 0 Å². The zero-order valence-electron chi connectivity index (χ0n) is 15.8. The summed E-state index contributed by atoms with van der Waals surface area (Å²) < 4.78 is 18.8. The first-order valence-electron chi connectivity index (χ1n) is 9.69. The van der Waals surface area contributed by atoms with Crippen LogP contribution < -0.4 is 0 Å². The number of aryl methyl sites for hydroxylation is 2. The Kier molecular flexibility index (Phi) is 4.84. The smallest absolute Gasteiger partial charge is 0.138 e. The molecule has 4 rings (SSSR count). The molecule has 3 heterocycles. The minimum absolute atomic E-state index is 0.134. The summed E-state index contributed by atoms with van der Waals surface area (Å²) in [5, 5.41) is 4.08. The molecule has 0 bridgehead atoms. The van der Waals surface area contributed by atoms with Crippen LogP contribution in [0.1, 0.15) is 48.3 Å². The van der Waals surface area contributed by atoms with Crippen LogP contribution in [0.5, 0.6) is 0 Å². The van der Waals surface area contributed by atoms with Gasteiger partial charge in [0.05, 0.1) is 5.69 Å². The largest absolute Gasteiger partial charge is 0.361 e. The van der Waals surface area contributed by atoms with E-state index in [0.717, 1.165) is 49.7 Å². The second-order valence-electron chi connectivity index (χ2n) is 7.96. The fraction of sp³-hybridized carbons (Fsp3) is 0.571. The highest BCUT2D eigenvalue weighted by Crippen LogP contribution is 2.39. The lowest BCUT2D eigenvalue weighted by molar-refractivity contribution is 0.0447. The van der Waals surface area contributed by atoms with Crippen LogP contribution in [-0.2, 0) is 13.1 Å². The third kappa shape index (κ3) is 3.42. The molecule has 1 spiro atoms. The van der Waals surface area contributed by atoms with Crippen molar-refractivity contribution in [2.45, 2.75) is 58.2 Å². The maximum absolute atomic E-state index is 13.5. The van der Waals surface area contributed by atoms with Gasteiger partial charge in [0, 0.05) is 37.3 Å². The van der Waals surface area contributed by atoms with Crippen molar-refractivity contribution < 1.29 is 8.91 Å². The van der Waals surface area contributed by atoms with E-state index in [9.17, 15) is 4.39 Å². The predicted octanol–water partition coefficient (Wildman–Crippen LogP) is 4.06. The molecule has 1 aromatic carbocycles. The number of hydrogen-bond donors (Lipinski definition) is 0. The summed E-state index contributed by atoms with van der Waals surface area (Å²) >= 11 is 0. The molecule has 0 saturated carbocycles. The first-order valence-corrected chi connectivity index (χ1v) is 9.69. The fourth-order valence-electron chi connectivity index (χ4n) is 4.74. The highest BCUT2D eigenvalue weighted by atomic mass is 19.1. The van der Waals surface area contributed by atoms with E-state index < -0.39 is 0 Å². The Morgan fingerprint density at radius 2 is 1.92 bits per heavy atom. The summed E-state index contributed by atoms with van der Waals surface area (Å²) in [4.78, 5) is 5.13. The standard InChI is InChI=1S/C21H28FN3O/c1-16-20(17(2)26-23-16)15-24-11-8-21(9-12-24)7-4-10-25(21)14-18-5-3-6-19(22)13-18/h3,5-6,13H,4,7-12,14-15H2,1-2H3. The number of halogens is 1. The molecule has 140 valence electrons. The van der Waals surface area contributed by atoms with Crippen molar-refractivity contribution in [2.75, 3.05) is 19.6 Å². The molecule has 2 aliphatic rings. The van der Waals surface area contributed by atoms with Crippen LogP contribution in [0.15, 0.2) is 28.8 Å². The predicted molar refractivity (Wildman–Crippen MR) is 99.3 cm³/mol. The van der Waals surface area contributed by atoms with Gasteiger partial charge in [0.25, 0.3) is 0 Å². The second-order valence-corrected chi connectivity index (χ2v) is 7.96. The lowest BCUT2D eigenvalue weighted by Gasteiger charge is -2.45. The van der Waals surface area contributed by atoms with Gasteiger partial charge < -0.3 is 4.52 Å². The van der Waals surface area contributed by atoms with Crippen LogP contribution >= 0.6 is 0 Å². The average molecular weight is 357 g/mol. The van der Waals surface area contributed by atoms with Crippen molar-refractivity contribution in [1.82, 2.24) is 15.0 Å². The SMILES string of the molecule is Cc1noc(C)c1CN1CCC2(CCCN2Cc2cccc(F)c2)CC1. The molecular formula is C21H28FN3O. The normalized spacial score (nSPS) is 20.9. The fourth-order valence-corrected chi connectivity index (χ4v) is 4.74. The molecule has 5 heteroatoms. The molecule has 2 fully saturated rings. The lowest BCUT2D eigenvalue weighted by Crippen LogP contribution is -2.51. The van der Waals surface area contributed by atoms with Gasteiger partial charge in [0.2, 0.25) is 0 Å². The summed E-state index contributed by atoms with van der Waals surface area (Å²) in [5.74, 6) is 0.807. The molecule has 26 heavy (non-hydrogen) atoms. The minimum Gasteiger partial charge on any atom is -0.361 e. The number of benzene rings is 1. The van der Waals surface area contributed by atoms with Gasteiger partial charge >= 0.3 is 0 Å². The van der Waals surface area contributed by atoms with E-state index in [1.54, 1.807) is 6.07 Å². The van der Waals surface area contributed by atoms with Gasteiger partial charge in [0.1, 0.15) is 11.6 Å². The summed E-state index contributed by atoms with van der Waals surface area (Å²) in [6.07, 6.45) is 4.89. The molecule has 2 aromatic rings. The van der Waals surface area contributed by atoms with Crippen LogP contribution in [0.4, 0.5) is 4.39 Å². The van der Waals surface area contributed by atoms with Crippen molar-refractivity contribution in [3.8, 4) is 0 Å². The summed E-state index contributed by atoms with van der Waals surface area (Å²) in [6, 6.07) is 7.07. The Morgan fingerprint density at radius 3 is 2.62 bits per heavy atom. The summed E-state index contributed by atoms with van der Waals surface area (Å²) in [7, 11) is 0. The van der Waals surface area contributed by atoms with Crippen molar-refractivity contribution in [2.24, 2.45) is 0 Å². The molecule has 2 saturated heterocycles. The second kappa shape index (κ2) is 7.12. The van der Waals surface area contributed by atoms with Crippen LogP contribution in [0.25, 0.3) is 0 Å². The number of aromatic nitrogens is 1. The molecule has 4 nitrogen and oxygen atoms in total. The van der Waals surface area contributed by atoms with Gasteiger partial charge in [-0.05, 0) is 63.8 Å². The van der Waals surface area contributed by atoms with Crippen molar-refractivity contribution in [3.63, 3.8) is 0 Å². The van der Waals surface area contributed by atoms with E-state index in [4.69, 9.17) is 4.52 Å². The van der Waals surface area contributed by atoms with Gasteiger partial charge in [0.15, 0.2) is 0 Å². The van der Waals surface area contributed by atoms with E-state index >= 15 is 0 Å². The van der Waals surface area contributed by atoms with Crippen molar-refractivity contribution >= 4 is 0 Å². The molecule has 0 N–H and O–H groups in total. The van der Waals surface area contributed by atoms with Crippen LogP contribution in [0, 0.1) is 19.7 Å². The van der Waals surface area contributed by atoms with Crippen molar-refractivity contribution in [1.29, 1.82) is 0 Å². The zero-order valence-corrected chi connectivity index (χ0v) is 15.8. The average Bonchev–Trinajstić information content (AvgIpc) is 3.15. The monoisotopic (exact) mass is 357 g/mol. The van der Waals surface area contributed by atoms with Gasteiger partial charge in [-0.3, -0.25) is 9.80 Å². The zero-order chi connectivity index (χ0) is 18.1. The van der Waals surface area contributed by atoms with E-state index in [0.29, 0.717) is 5.54 Å². The maximum atomic E-state index is 13.5. The van der Waals surface area contributed by atoms with Crippen LogP contribution in [0.2, 0.25) is 0 Å². The quantitative estimate of drug-likeness (QED) is 0.826. The van der Waals surface area contributed by atoms with Gasteiger partial charge in [-0.15, -0.1) is 0 Å². The number of piperidine rings is 1. The van der Waals surface area contributed by atoms with E-state index in [1.165, 1.54) is 37.3 Å². The van der Waals surface area contributed by atoms with Gasteiger partial charge in [-0.25, -0.2) is 4.39 Å². The first-order chi connectivity index (χ1) is 12.6. The number of hydrogen-bond acceptors (Lipinski definition) is 4. The number of nitrogens with zero attached hydrogens (tertiary/aromatic N) is 3. The van der Waals surface area contributed by atoms with E-state index in [-0.39, 0.29) is 5.82 Å². The maximum Gasteiger partial charge on any atom is 0.138 e. The highest BCUT2D eigenvalue weighted by molar-refractivity contribution is 5.21. The molecule has 0 unspecified atom stereocenters. The first kappa shape index (κ1) is 17.7. The Labute approximate surface area is 155 Å². The lowest BCUT2D eigenvalue weighted by atomic mass is 9.84. The third-order valence-corrected chi connectivity index (χ3v) is 6.35. The number of likely N-dealkylation sites (tertiary alicyclic amines) is 2. The summed E-state index contributed by atoms with van der Waals surface area (Å²) in [5.41, 5.74) is 3.63. The summed E-state index contributed by atoms with van der Waals surface area (Å²) in [6.45, 7) is 9.14. The Morgan fingerprint density at radius 1 is 1.12 bits per heavy atom. The molecule has 0 amide bonds. The Hall–Kier alpha value is -1.72. The van der Waals surface area contributed by atoms with Gasteiger partial charge in [-0.1, -0.05) is 17.3 Å². The topological polar surface area (TPSA) is 32.5 Å². The third-order valence-electron chi connectivity index (χ3n) is 6.35. The molecular weight excluding hydrogens is 329 g/mol. The molecule has 1 aromatic heterocycles.